The van der Waals surface area contributed by atoms with E-state index in [1.54, 1.807) is 18.6 Å². The van der Waals surface area contributed by atoms with Gasteiger partial charge in [0.25, 0.3) is 0 Å². The zero-order valence-corrected chi connectivity index (χ0v) is 10.2. The molecule has 0 aliphatic heterocycles. The van der Waals surface area contributed by atoms with Gasteiger partial charge < -0.3 is 16.5 Å². The van der Waals surface area contributed by atoms with Crippen LogP contribution in [0.15, 0.2) is 30.7 Å². The Kier molecular flexibility index (Phi) is 3.61. The monoisotopic (exact) mass is 258 g/mol. The van der Waals surface area contributed by atoms with Crippen molar-refractivity contribution >= 4 is 11.8 Å². The normalized spacial score (nSPS) is 10.3. The van der Waals surface area contributed by atoms with Crippen molar-refractivity contribution in [2.45, 2.75) is 12.8 Å². The van der Waals surface area contributed by atoms with Gasteiger partial charge in [-0.3, -0.25) is 9.59 Å². The van der Waals surface area contributed by atoms with Crippen molar-refractivity contribution in [1.29, 1.82) is 0 Å². The molecule has 2 rings (SSSR count). The Hall–Kier alpha value is -2.63. The Balaban J connectivity index is 2.27. The van der Waals surface area contributed by atoms with Crippen molar-refractivity contribution in [2.24, 2.45) is 11.5 Å². The number of carbonyl (C=O) groups is 2. The molecule has 0 atom stereocenters. The van der Waals surface area contributed by atoms with Crippen molar-refractivity contribution in [1.82, 2.24) is 9.97 Å². The molecular weight excluding hydrogens is 244 g/mol. The number of rotatable bonds is 5. The number of nitrogens with zero attached hydrogens (tertiary/aromatic N) is 1. The third kappa shape index (κ3) is 2.98. The Morgan fingerprint density at radius 1 is 1.16 bits per heavy atom. The maximum atomic E-state index is 11.4. The average molecular weight is 258 g/mol. The van der Waals surface area contributed by atoms with E-state index in [1.807, 2.05) is 0 Å². The highest BCUT2D eigenvalue weighted by Gasteiger charge is 2.11. The summed E-state index contributed by atoms with van der Waals surface area (Å²) >= 11 is 0. The molecule has 2 amide bonds. The molecule has 1 heterocycles. The molecule has 19 heavy (non-hydrogen) atoms. The minimum absolute atomic E-state index is 0.365. The lowest BCUT2D eigenvalue weighted by molar-refractivity contribution is 0.0987. The molecule has 0 fully saturated rings. The average Bonchev–Trinajstić information content (AvgIpc) is 2.88. The van der Waals surface area contributed by atoms with E-state index >= 15 is 0 Å². The summed E-state index contributed by atoms with van der Waals surface area (Å²) in [4.78, 5) is 29.4. The van der Waals surface area contributed by atoms with Crippen molar-refractivity contribution in [3.05, 3.63) is 53.1 Å². The number of aryl methyl sites for hydroxylation is 2. The maximum absolute atomic E-state index is 11.4. The first kappa shape index (κ1) is 12.8. The number of hydrogen-bond acceptors (Lipinski definition) is 3. The van der Waals surface area contributed by atoms with E-state index in [1.165, 1.54) is 12.1 Å². The summed E-state index contributed by atoms with van der Waals surface area (Å²) in [6.07, 6.45) is 4.54. The molecule has 0 aliphatic carbocycles. The van der Waals surface area contributed by atoms with Gasteiger partial charge in [-0.1, -0.05) is 0 Å². The van der Waals surface area contributed by atoms with Crippen molar-refractivity contribution in [2.75, 3.05) is 0 Å². The fourth-order valence-corrected chi connectivity index (χ4v) is 1.88. The molecule has 0 saturated carbocycles. The van der Waals surface area contributed by atoms with Crippen LogP contribution in [0, 0.1) is 0 Å². The molecule has 0 radical (unpaired) electrons. The molecule has 98 valence electrons. The fraction of sp³-hybridized carbons (Fsp3) is 0.154. The lowest BCUT2D eigenvalue weighted by atomic mass is 9.98. The topological polar surface area (TPSA) is 115 Å². The van der Waals surface area contributed by atoms with Crippen LogP contribution < -0.4 is 11.5 Å². The third-order valence-electron chi connectivity index (χ3n) is 2.87. The van der Waals surface area contributed by atoms with Gasteiger partial charge in [-0.25, -0.2) is 4.98 Å². The van der Waals surface area contributed by atoms with Crippen molar-refractivity contribution < 1.29 is 9.59 Å². The Labute approximate surface area is 109 Å². The standard InChI is InChI=1S/C13H14N4O2/c14-12(18)9-2-4-11(13(15)19)8(5-9)1-3-10-6-16-7-17-10/h2,4-7H,1,3H2,(H2,14,18)(H2,15,19)(H,16,17). The molecule has 1 aromatic carbocycles. The molecule has 0 bridgehead atoms. The molecule has 0 saturated heterocycles. The molecule has 0 unspecified atom stereocenters. The van der Waals surface area contributed by atoms with Gasteiger partial charge in [-0.05, 0) is 36.6 Å². The Morgan fingerprint density at radius 2 is 1.95 bits per heavy atom. The van der Waals surface area contributed by atoms with Crippen LogP contribution in [0.4, 0.5) is 0 Å². The van der Waals surface area contributed by atoms with Crippen LogP contribution in [-0.2, 0) is 12.8 Å². The summed E-state index contributed by atoms with van der Waals surface area (Å²) < 4.78 is 0. The number of carbonyl (C=O) groups excluding carboxylic acids is 2. The first-order valence-electron chi connectivity index (χ1n) is 5.77. The van der Waals surface area contributed by atoms with Crippen molar-refractivity contribution in [3.63, 3.8) is 0 Å². The van der Waals surface area contributed by atoms with Crippen molar-refractivity contribution in [3.8, 4) is 0 Å². The SMILES string of the molecule is NC(=O)c1ccc(C(N)=O)c(CCc2cnc[nH]2)c1. The van der Waals surface area contributed by atoms with Crippen LogP contribution in [-0.4, -0.2) is 21.8 Å². The zero-order chi connectivity index (χ0) is 13.8. The number of nitrogens with two attached hydrogens (primary N) is 2. The molecule has 5 N–H and O–H groups in total. The highest BCUT2D eigenvalue weighted by Crippen LogP contribution is 2.14. The highest BCUT2D eigenvalue weighted by atomic mass is 16.1. The van der Waals surface area contributed by atoms with Crippen LogP contribution >= 0.6 is 0 Å². The number of imidazole rings is 1. The zero-order valence-electron chi connectivity index (χ0n) is 10.2. The van der Waals surface area contributed by atoms with Crippen LogP contribution in [0.5, 0.6) is 0 Å². The summed E-state index contributed by atoms with van der Waals surface area (Å²) in [6, 6.07) is 4.64. The molecule has 6 nitrogen and oxygen atoms in total. The number of amides is 2. The number of H-pyrrole nitrogens is 1. The third-order valence-corrected chi connectivity index (χ3v) is 2.87. The van der Waals surface area contributed by atoms with Crippen LogP contribution in [0.1, 0.15) is 32.0 Å². The first-order chi connectivity index (χ1) is 9.08. The Bertz CT molecular complexity index is 605. The number of benzene rings is 1. The van der Waals surface area contributed by atoms with E-state index in [0.717, 1.165) is 5.69 Å². The van der Waals surface area contributed by atoms with E-state index in [9.17, 15) is 9.59 Å². The van der Waals surface area contributed by atoms with Crippen LogP contribution in [0.3, 0.4) is 0 Å². The molecular formula is C13H14N4O2. The molecule has 2 aromatic rings. The summed E-state index contributed by atoms with van der Waals surface area (Å²) in [6.45, 7) is 0. The Morgan fingerprint density at radius 3 is 2.53 bits per heavy atom. The molecule has 6 heteroatoms. The highest BCUT2D eigenvalue weighted by molar-refractivity contribution is 5.97. The summed E-state index contributed by atoms with van der Waals surface area (Å²) in [5, 5.41) is 0. The summed E-state index contributed by atoms with van der Waals surface area (Å²) in [7, 11) is 0. The van der Waals surface area contributed by atoms with Gasteiger partial charge in [-0.15, -0.1) is 0 Å². The molecule has 0 aliphatic rings. The minimum Gasteiger partial charge on any atom is -0.366 e. The predicted octanol–water partition coefficient (Wildman–Crippen LogP) is 0.393. The van der Waals surface area contributed by atoms with E-state index in [0.29, 0.717) is 29.5 Å². The molecule has 0 spiro atoms. The van der Waals surface area contributed by atoms with Gasteiger partial charge in [0.2, 0.25) is 11.8 Å². The second kappa shape index (κ2) is 5.34. The van der Waals surface area contributed by atoms with Gasteiger partial charge in [0.05, 0.1) is 6.33 Å². The minimum atomic E-state index is -0.529. The number of aromatic amines is 1. The lowest BCUT2D eigenvalue weighted by Crippen LogP contribution is -2.17. The quantitative estimate of drug-likeness (QED) is 0.720. The van der Waals surface area contributed by atoms with E-state index in [2.05, 4.69) is 9.97 Å². The number of nitrogens with one attached hydrogen (secondary N) is 1. The summed E-state index contributed by atoms with van der Waals surface area (Å²) in [5.74, 6) is -1.05. The van der Waals surface area contributed by atoms with Gasteiger partial charge >= 0.3 is 0 Å². The number of aromatic nitrogens is 2. The van der Waals surface area contributed by atoms with Gasteiger partial charge in [0.15, 0.2) is 0 Å². The predicted molar refractivity (Wildman–Crippen MR) is 69.5 cm³/mol. The summed E-state index contributed by atoms with van der Waals surface area (Å²) in [5.41, 5.74) is 13.0. The van der Waals surface area contributed by atoms with Gasteiger partial charge in [-0.2, -0.15) is 0 Å². The second-order valence-electron chi connectivity index (χ2n) is 4.18. The van der Waals surface area contributed by atoms with Crippen LogP contribution in [0.2, 0.25) is 0 Å². The largest absolute Gasteiger partial charge is 0.366 e. The molecule has 1 aromatic heterocycles. The van der Waals surface area contributed by atoms with Gasteiger partial charge in [0.1, 0.15) is 0 Å². The first-order valence-corrected chi connectivity index (χ1v) is 5.77. The number of primary amides is 2. The van der Waals surface area contributed by atoms with Gasteiger partial charge in [0, 0.05) is 23.0 Å². The second-order valence-corrected chi connectivity index (χ2v) is 4.18. The lowest BCUT2D eigenvalue weighted by Gasteiger charge is -2.07. The van der Waals surface area contributed by atoms with E-state index in [4.69, 9.17) is 11.5 Å². The van der Waals surface area contributed by atoms with E-state index in [-0.39, 0.29) is 0 Å². The van der Waals surface area contributed by atoms with E-state index < -0.39 is 11.8 Å². The van der Waals surface area contributed by atoms with Crippen LogP contribution in [0.25, 0.3) is 0 Å². The fourth-order valence-electron chi connectivity index (χ4n) is 1.88. The number of hydrogen-bond donors (Lipinski definition) is 3. The smallest absolute Gasteiger partial charge is 0.248 e. The maximum Gasteiger partial charge on any atom is 0.248 e.